The summed E-state index contributed by atoms with van der Waals surface area (Å²) >= 11 is 1.53. The van der Waals surface area contributed by atoms with Crippen LogP contribution in [0.3, 0.4) is 0 Å². The molecule has 0 bridgehead atoms. The van der Waals surface area contributed by atoms with Gasteiger partial charge in [0.2, 0.25) is 5.91 Å². The van der Waals surface area contributed by atoms with Crippen molar-refractivity contribution >= 4 is 23.2 Å². The highest BCUT2D eigenvalue weighted by Crippen LogP contribution is 2.27. The molecule has 0 saturated carbocycles. The topological polar surface area (TPSA) is 79.5 Å². The van der Waals surface area contributed by atoms with E-state index in [0.29, 0.717) is 11.5 Å². The summed E-state index contributed by atoms with van der Waals surface area (Å²) < 4.78 is 5.34. The lowest BCUT2D eigenvalue weighted by Crippen LogP contribution is -2.39. The van der Waals surface area contributed by atoms with Crippen LogP contribution in [0.4, 0.5) is 0 Å². The molecule has 5 nitrogen and oxygen atoms in total. The molecule has 2 aromatic rings. The van der Waals surface area contributed by atoms with Crippen LogP contribution in [0.15, 0.2) is 28.0 Å². The number of rotatable bonds is 5. The van der Waals surface area contributed by atoms with Crippen molar-refractivity contribution in [2.45, 2.75) is 32.7 Å². The summed E-state index contributed by atoms with van der Waals surface area (Å²) in [7, 11) is 0. The van der Waals surface area contributed by atoms with E-state index in [1.54, 1.807) is 6.92 Å². The smallest absolute Gasteiger partial charge is 0.339 e. The average molecular weight is 307 g/mol. The maximum atomic E-state index is 12.3. The van der Waals surface area contributed by atoms with Crippen molar-refractivity contribution < 1.29 is 19.1 Å². The van der Waals surface area contributed by atoms with Crippen molar-refractivity contribution in [2.24, 2.45) is 0 Å². The Kier molecular flexibility index (Phi) is 4.18. The Morgan fingerprint density at radius 2 is 2.14 bits per heavy atom. The van der Waals surface area contributed by atoms with Crippen LogP contribution < -0.4 is 5.32 Å². The minimum atomic E-state index is -1.03. The maximum Gasteiger partial charge on any atom is 0.339 e. The van der Waals surface area contributed by atoms with Gasteiger partial charge in [-0.15, -0.1) is 11.3 Å². The van der Waals surface area contributed by atoms with Crippen LogP contribution in [-0.4, -0.2) is 17.0 Å². The largest absolute Gasteiger partial charge is 0.478 e. The lowest BCUT2D eigenvalue weighted by molar-refractivity contribution is -0.125. The quantitative estimate of drug-likeness (QED) is 0.890. The Balaban J connectivity index is 2.04. The fourth-order valence-corrected chi connectivity index (χ4v) is 2.83. The molecule has 6 heteroatoms. The van der Waals surface area contributed by atoms with Gasteiger partial charge in [0.05, 0.1) is 12.0 Å². The van der Waals surface area contributed by atoms with E-state index in [0.717, 1.165) is 4.88 Å². The van der Waals surface area contributed by atoms with Gasteiger partial charge in [-0.05, 0) is 38.3 Å². The molecule has 1 amide bonds. The van der Waals surface area contributed by atoms with Gasteiger partial charge in [-0.1, -0.05) is 6.07 Å². The second-order valence-corrected chi connectivity index (χ2v) is 6.22. The summed E-state index contributed by atoms with van der Waals surface area (Å²) in [5.74, 6) is -0.395. The van der Waals surface area contributed by atoms with E-state index in [4.69, 9.17) is 9.52 Å². The fourth-order valence-electron chi connectivity index (χ4n) is 1.98. The molecule has 0 spiro atoms. The monoisotopic (exact) mass is 307 g/mol. The van der Waals surface area contributed by atoms with Crippen molar-refractivity contribution in [3.63, 3.8) is 0 Å². The Morgan fingerprint density at radius 1 is 1.43 bits per heavy atom. The number of carboxylic acids is 1. The molecule has 0 aliphatic rings. The van der Waals surface area contributed by atoms with Crippen molar-refractivity contribution in [1.82, 2.24) is 5.32 Å². The molecule has 2 rings (SSSR count). The molecule has 0 aliphatic carbocycles. The minimum Gasteiger partial charge on any atom is -0.478 e. The lowest BCUT2D eigenvalue weighted by Gasteiger charge is -2.21. The number of nitrogens with one attached hydrogen (secondary N) is 1. The van der Waals surface area contributed by atoms with Gasteiger partial charge in [-0.3, -0.25) is 4.79 Å². The summed E-state index contributed by atoms with van der Waals surface area (Å²) in [5.41, 5.74) is -0.511. The maximum absolute atomic E-state index is 12.3. The molecular formula is C15H17NO4S. The first-order valence-corrected chi connectivity index (χ1v) is 7.35. The number of thiophene rings is 1. The number of furan rings is 1. The van der Waals surface area contributed by atoms with E-state index in [1.165, 1.54) is 17.4 Å². The van der Waals surface area contributed by atoms with Crippen LogP contribution in [0.25, 0.3) is 0 Å². The highest BCUT2D eigenvalue weighted by molar-refractivity contribution is 7.10. The number of hydrogen-bond acceptors (Lipinski definition) is 4. The lowest BCUT2D eigenvalue weighted by atomic mass is 9.90. The molecule has 0 fully saturated rings. The first kappa shape index (κ1) is 15.3. The number of aryl methyl sites for hydroxylation is 1. The van der Waals surface area contributed by atoms with Gasteiger partial charge in [0.15, 0.2) is 0 Å². The zero-order valence-electron chi connectivity index (χ0n) is 12.1. The molecule has 21 heavy (non-hydrogen) atoms. The van der Waals surface area contributed by atoms with E-state index in [1.807, 2.05) is 31.4 Å². The van der Waals surface area contributed by atoms with Crippen LogP contribution in [0.2, 0.25) is 0 Å². The Hall–Kier alpha value is -2.08. The Morgan fingerprint density at radius 3 is 2.67 bits per heavy atom. The van der Waals surface area contributed by atoms with Gasteiger partial charge in [0.25, 0.3) is 0 Å². The molecule has 0 aromatic carbocycles. The summed E-state index contributed by atoms with van der Waals surface area (Å²) in [4.78, 5) is 24.2. The van der Waals surface area contributed by atoms with Gasteiger partial charge in [0, 0.05) is 4.88 Å². The zero-order valence-corrected chi connectivity index (χ0v) is 12.9. The standard InChI is InChI=1S/C15H17NO4S/c1-9-11(13(17)18)7-10(20-9)8-16-14(19)15(2,3)12-5-4-6-21-12/h4-7H,8H2,1-3H3,(H,16,19)(H,17,18). The van der Waals surface area contributed by atoms with Crippen molar-refractivity contribution in [1.29, 1.82) is 0 Å². The molecule has 0 atom stereocenters. The van der Waals surface area contributed by atoms with Gasteiger partial charge in [-0.2, -0.15) is 0 Å². The van der Waals surface area contributed by atoms with E-state index >= 15 is 0 Å². The molecular weight excluding hydrogens is 290 g/mol. The average Bonchev–Trinajstić information content (AvgIpc) is 3.05. The van der Waals surface area contributed by atoms with Crippen LogP contribution in [-0.2, 0) is 16.8 Å². The second-order valence-electron chi connectivity index (χ2n) is 5.27. The zero-order chi connectivity index (χ0) is 15.6. The predicted molar refractivity (Wildman–Crippen MR) is 79.6 cm³/mol. The molecule has 2 aromatic heterocycles. The number of carbonyl (C=O) groups excluding carboxylic acids is 1. The SMILES string of the molecule is Cc1oc(CNC(=O)C(C)(C)c2cccs2)cc1C(=O)O. The summed E-state index contributed by atoms with van der Waals surface area (Å²) in [6, 6.07) is 5.27. The van der Waals surface area contributed by atoms with Gasteiger partial charge in [-0.25, -0.2) is 4.79 Å². The Labute approximate surface area is 126 Å². The van der Waals surface area contributed by atoms with Crippen molar-refractivity contribution in [2.75, 3.05) is 0 Å². The minimum absolute atomic E-state index is 0.122. The van der Waals surface area contributed by atoms with Crippen molar-refractivity contribution in [3.05, 3.63) is 45.5 Å². The third-order valence-corrected chi connectivity index (χ3v) is 4.52. The van der Waals surface area contributed by atoms with Gasteiger partial charge in [0.1, 0.15) is 17.1 Å². The van der Waals surface area contributed by atoms with Crippen LogP contribution >= 0.6 is 11.3 Å². The third kappa shape index (κ3) is 3.16. The first-order valence-electron chi connectivity index (χ1n) is 6.47. The molecule has 2 N–H and O–H groups in total. The normalized spacial score (nSPS) is 11.4. The van der Waals surface area contributed by atoms with Crippen LogP contribution in [0.1, 0.15) is 40.6 Å². The van der Waals surface area contributed by atoms with Crippen molar-refractivity contribution in [3.8, 4) is 0 Å². The number of hydrogen-bond donors (Lipinski definition) is 2. The highest BCUT2D eigenvalue weighted by atomic mass is 32.1. The predicted octanol–water partition coefficient (Wildman–Crippen LogP) is 2.94. The van der Waals surface area contributed by atoms with E-state index in [2.05, 4.69) is 5.32 Å². The molecule has 0 aliphatic heterocycles. The van der Waals surface area contributed by atoms with Crippen LogP contribution in [0.5, 0.6) is 0 Å². The number of aromatic carboxylic acids is 1. The number of carboxylic acid groups (broad SMARTS) is 1. The number of carbonyl (C=O) groups is 2. The highest BCUT2D eigenvalue weighted by Gasteiger charge is 2.30. The van der Waals surface area contributed by atoms with Gasteiger partial charge >= 0.3 is 5.97 Å². The van der Waals surface area contributed by atoms with E-state index < -0.39 is 11.4 Å². The van der Waals surface area contributed by atoms with Gasteiger partial charge < -0.3 is 14.8 Å². The summed E-state index contributed by atoms with van der Waals surface area (Å²) in [5, 5.41) is 13.7. The molecule has 0 saturated heterocycles. The van der Waals surface area contributed by atoms with Crippen LogP contribution in [0, 0.1) is 6.92 Å². The van der Waals surface area contributed by atoms with E-state index in [9.17, 15) is 9.59 Å². The molecule has 0 unspecified atom stereocenters. The Bertz CT molecular complexity index is 655. The summed E-state index contributed by atoms with van der Waals surface area (Å²) in [6.07, 6.45) is 0. The molecule has 0 radical (unpaired) electrons. The number of amides is 1. The molecule has 2 heterocycles. The fraction of sp³-hybridized carbons (Fsp3) is 0.333. The second kappa shape index (κ2) is 5.73. The summed E-state index contributed by atoms with van der Waals surface area (Å²) in [6.45, 7) is 5.46. The van der Waals surface area contributed by atoms with E-state index in [-0.39, 0.29) is 18.0 Å². The third-order valence-electron chi connectivity index (χ3n) is 3.33. The molecule has 112 valence electrons. The first-order chi connectivity index (χ1) is 9.82.